The van der Waals surface area contributed by atoms with Crippen molar-refractivity contribution in [3.63, 3.8) is 0 Å². The lowest BCUT2D eigenvalue weighted by Crippen LogP contribution is -2.31. The molecule has 3 aromatic rings. The summed E-state index contributed by atoms with van der Waals surface area (Å²) in [4.78, 5) is 28.7. The standard InChI is InChI=1S/C19H16FN3O2/c1-23-17-7-6-12(9-11(17)5-8-18(23)24)21-19(25)16-10-13-14(20)3-2-4-15(13)22-16/h2-4,6-7,9-10,22H,5,8H2,1H3,(H,21,25). The number of amides is 2. The number of H-pyrrole nitrogens is 1. The minimum Gasteiger partial charge on any atom is -0.350 e. The van der Waals surface area contributed by atoms with E-state index in [-0.39, 0.29) is 17.6 Å². The van der Waals surface area contributed by atoms with E-state index in [1.807, 2.05) is 12.1 Å². The summed E-state index contributed by atoms with van der Waals surface area (Å²) in [6.45, 7) is 0. The van der Waals surface area contributed by atoms with Crippen molar-refractivity contribution in [2.24, 2.45) is 0 Å². The average Bonchev–Trinajstić information content (AvgIpc) is 3.04. The summed E-state index contributed by atoms with van der Waals surface area (Å²) in [7, 11) is 1.75. The fourth-order valence-corrected chi connectivity index (χ4v) is 3.17. The zero-order valence-corrected chi connectivity index (χ0v) is 13.6. The number of aromatic amines is 1. The summed E-state index contributed by atoms with van der Waals surface area (Å²) in [6, 6.07) is 11.6. The number of hydrogen-bond acceptors (Lipinski definition) is 2. The second-order valence-corrected chi connectivity index (χ2v) is 6.13. The van der Waals surface area contributed by atoms with Crippen LogP contribution in [0.1, 0.15) is 22.5 Å². The molecule has 4 rings (SSSR count). The third-order valence-corrected chi connectivity index (χ3v) is 4.54. The van der Waals surface area contributed by atoms with Gasteiger partial charge in [0.05, 0.1) is 0 Å². The van der Waals surface area contributed by atoms with Crippen molar-refractivity contribution in [2.45, 2.75) is 12.8 Å². The third-order valence-electron chi connectivity index (χ3n) is 4.54. The van der Waals surface area contributed by atoms with E-state index in [1.54, 1.807) is 30.1 Å². The Kier molecular flexibility index (Phi) is 3.53. The van der Waals surface area contributed by atoms with Gasteiger partial charge in [0.25, 0.3) is 5.91 Å². The highest BCUT2D eigenvalue weighted by Gasteiger charge is 2.21. The average molecular weight is 337 g/mol. The monoisotopic (exact) mass is 337 g/mol. The molecule has 0 spiro atoms. The van der Waals surface area contributed by atoms with Crippen LogP contribution >= 0.6 is 0 Å². The molecule has 2 amide bonds. The van der Waals surface area contributed by atoms with Crippen LogP contribution in [0, 0.1) is 5.82 Å². The van der Waals surface area contributed by atoms with Crippen molar-refractivity contribution in [1.29, 1.82) is 0 Å². The van der Waals surface area contributed by atoms with Crippen LogP contribution in [0.2, 0.25) is 0 Å². The van der Waals surface area contributed by atoms with Crippen LogP contribution in [0.4, 0.5) is 15.8 Å². The van der Waals surface area contributed by atoms with Gasteiger partial charge >= 0.3 is 0 Å². The van der Waals surface area contributed by atoms with Crippen molar-refractivity contribution in [3.05, 3.63) is 59.5 Å². The Morgan fingerprint density at radius 3 is 2.84 bits per heavy atom. The van der Waals surface area contributed by atoms with Crippen LogP contribution in [-0.4, -0.2) is 23.8 Å². The maximum atomic E-state index is 13.8. The molecule has 0 aliphatic carbocycles. The highest BCUT2D eigenvalue weighted by Crippen LogP contribution is 2.29. The number of halogens is 1. The van der Waals surface area contributed by atoms with Gasteiger partial charge in [-0.05, 0) is 48.4 Å². The molecule has 6 heteroatoms. The molecule has 0 bridgehead atoms. The summed E-state index contributed by atoms with van der Waals surface area (Å²) in [5, 5.41) is 3.21. The first kappa shape index (κ1) is 15.4. The number of anilines is 2. The van der Waals surface area contributed by atoms with Crippen LogP contribution in [0.25, 0.3) is 10.9 Å². The molecule has 1 aliphatic heterocycles. The molecule has 2 heterocycles. The lowest BCUT2D eigenvalue weighted by atomic mass is 10.0. The Morgan fingerprint density at radius 2 is 2.04 bits per heavy atom. The predicted molar refractivity (Wildman–Crippen MR) is 94.4 cm³/mol. The molecule has 0 radical (unpaired) electrons. The highest BCUT2D eigenvalue weighted by atomic mass is 19.1. The number of nitrogens with one attached hydrogen (secondary N) is 2. The SMILES string of the molecule is CN1C(=O)CCc2cc(NC(=O)c3cc4c(F)cccc4[nH]3)ccc21. The van der Waals surface area contributed by atoms with Gasteiger partial charge in [-0.3, -0.25) is 9.59 Å². The van der Waals surface area contributed by atoms with Crippen molar-refractivity contribution < 1.29 is 14.0 Å². The molecule has 1 aromatic heterocycles. The Balaban J connectivity index is 1.60. The molecule has 1 aliphatic rings. The van der Waals surface area contributed by atoms with Crippen LogP contribution in [0.5, 0.6) is 0 Å². The first-order valence-corrected chi connectivity index (χ1v) is 8.01. The summed E-state index contributed by atoms with van der Waals surface area (Å²) >= 11 is 0. The first-order valence-electron chi connectivity index (χ1n) is 8.01. The number of carbonyl (C=O) groups is 2. The van der Waals surface area contributed by atoms with Gasteiger partial charge < -0.3 is 15.2 Å². The minimum atomic E-state index is -0.366. The molecule has 25 heavy (non-hydrogen) atoms. The number of hydrogen-bond donors (Lipinski definition) is 2. The molecule has 2 N–H and O–H groups in total. The van der Waals surface area contributed by atoms with Crippen molar-refractivity contribution >= 4 is 34.1 Å². The van der Waals surface area contributed by atoms with Crippen LogP contribution in [-0.2, 0) is 11.2 Å². The Morgan fingerprint density at radius 1 is 1.20 bits per heavy atom. The number of benzene rings is 2. The van der Waals surface area contributed by atoms with Gasteiger partial charge in [0.1, 0.15) is 11.5 Å². The van der Waals surface area contributed by atoms with Gasteiger partial charge in [-0.2, -0.15) is 0 Å². The van der Waals surface area contributed by atoms with E-state index in [0.717, 1.165) is 11.3 Å². The summed E-state index contributed by atoms with van der Waals surface area (Å²) in [5.74, 6) is -0.616. The van der Waals surface area contributed by atoms with E-state index >= 15 is 0 Å². The Labute approximate surface area is 143 Å². The van der Waals surface area contributed by atoms with E-state index < -0.39 is 0 Å². The number of aromatic nitrogens is 1. The van der Waals surface area contributed by atoms with E-state index in [0.29, 0.717) is 35.1 Å². The van der Waals surface area contributed by atoms with Gasteiger partial charge in [-0.15, -0.1) is 0 Å². The zero-order chi connectivity index (χ0) is 17.6. The van der Waals surface area contributed by atoms with E-state index in [9.17, 15) is 14.0 Å². The van der Waals surface area contributed by atoms with Crippen LogP contribution in [0.3, 0.4) is 0 Å². The largest absolute Gasteiger partial charge is 0.350 e. The summed E-state index contributed by atoms with van der Waals surface area (Å²) in [6.07, 6.45) is 1.11. The maximum Gasteiger partial charge on any atom is 0.272 e. The Hall–Kier alpha value is -3.15. The third kappa shape index (κ3) is 2.65. The van der Waals surface area contributed by atoms with E-state index in [4.69, 9.17) is 0 Å². The quantitative estimate of drug-likeness (QED) is 0.752. The fourth-order valence-electron chi connectivity index (χ4n) is 3.17. The summed E-state index contributed by atoms with van der Waals surface area (Å²) in [5.41, 5.74) is 3.40. The van der Waals surface area contributed by atoms with Gasteiger partial charge in [0, 0.05) is 35.7 Å². The first-order chi connectivity index (χ1) is 12.0. The molecular formula is C19H16FN3O2. The Bertz CT molecular complexity index is 1010. The molecule has 0 saturated carbocycles. The highest BCUT2D eigenvalue weighted by molar-refractivity contribution is 6.06. The normalized spacial score (nSPS) is 13.8. The van der Waals surface area contributed by atoms with Gasteiger partial charge in [0.15, 0.2) is 0 Å². The number of rotatable bonds is 2. The van der Waals surface area contributed by atoms with Crippen molar-refractivity contribution in [3.8, 4) is 0 Å². The molecule has 0 unspecified atom stereocenters. The number of carbonyl (C=O) groups excluding carboxylic acids is 2. The van der Waals surface area contributed by atoms with Gasteiger partial charge in [-0.25, -0.2) is 4.39 Å². The van der Waals surface area contributed by atoms with Crippen molar-refractivity contribution in [2.75, 3.05) is 17.3 Å². The molecule has 126 valence electrons. The van der Waals surface area contributed by atoms with Crippen LogP contribution in [0.15, 0.2) is 42.5 Å². The molecule has 2 aromatic carbocycles. The van der Waals surface area contributed by atoms with Gasteiger partial charge in [0.2, 0.25) is 5.91 Å². The molecule has 0 atom stereocenters. The molecule has 0 fully saturated rings. The maximum absolute atomic E-state index is 13.8. The summed E-state index contributed by atoms with van der Waals surface area (Å²) < 4.78 is 13.8. The zero-order valence-electron chi connectivity index (χ0n) is 13.6. The number of fused-ring (bicyclic) bond motifs is 2. The smallest absolute Gasteiger partial charge is 0.272 e. The molecule has 5 nitrogen and oxygen atoms in total. The number of nitrogens with zero attached hydrogens (tertiary/aromatic N) is 1. The minimum absolute atomic E-state index is 0.0874. The lowest BCUT2D eigenvalue weighted by Gasteiger charge is -2.26. The topological polar surface area (TPSA) is 65.2 Å². The fraction of sp³-hybridized carbons (Fsp3) is 0.158. The van der Waals surface area contributed by atoms with Crippen LogP contribution < -0.4 is 10.2 Å². The van der Waals surface area contributed by atoms with E-state index in [2.05, 4.69) is 10.3 Å². The van der Waals surface area contributed by atoms with Crippen molar-refractivity contribution in [1.82, 2.24) is 4.98 Å². The van der Waals surface area contributed by atoms with E-state index in [1.165, 1.54) is 12.1 Å². The van der Waals surface area contributed by atoms with Gasteiger partial charge in [-0.1, -0.05) is 6.07 Å². The second-order valence-electron chi connectivity index (χ2n) is 6.13. The lowest BCUT2D eigenvalue weighted by molar-refractivity contribution is -0.118. The second kappa shape index (κ2) is 5.73. The number of aryl methyl sites for hydroxylation is 1. The molecular weight excluding hydrogens is 321 g/mol. The predicted octanol–water partition coefficient (Wildman–Crippen LogP) is 3.47. The molecule has 0 saturated heterocycles.